The zero-order valence-corrected chi connectivity index (χ0v) is 15.4. The first kappa shape index (κ1) is 18.5. The molecule has 2 rings (SSSR count). The minimum Gasteiger partial charge on any atom is -0.372 e. The van der Waals surface area contributed by atoms with Crippen LogP contribution in [-0.4, -0.2) is 48.6 Å². The first-order chi connectivity index (χ1) is 11.5. The molecule has 1 amide bonds. The smallest absolute Gasteiger partial charge is 0.249 e. The summed E-state index contributed by atoms with van der Waals surface area (Å²) in [5.74, 6) is 0.211. The maximum atomic E-state index is 12.3. The Bertz CT molecular complexity index is 541. The number of aliphatic imine (C=N–C) groups is 1. The normalized spacial score (nSPS) is 22.3. The van der Waals surface area contributed by atoms with Gasteiger partial charge in [0, 0.05) is 43.6 Å². The number of piperidine rings is 2. The molecule has 0 bridgehead atoms. The van der Waals surface area contributed by atoms with Crippen molar-refractivity contribution < 1.29 is 4.79 Å². The third-order valence-corrected chi connectivity index (χ3v) is 5.72. The number of rotatable bonds is 4. The number of hydrogen-bond acceptors (Lipinski definition) is 3. The minimum atomic E-state index is 0.211. The van der Waals surface area contributed by atoms with Crippen LogP contribution in [0, 0.1) is 5.41 Å². The van der Waals surface area contributed by atoms with Crippen LogP contribution in [0.4, 0.5) is 0 Å². The summed E-state index contributed by atoms with van der Waals surface area (Å²) in [7, 11) is 0. The number of nitrogens with zero attached hydrogens (tertiary/aromatic N) is 3. The maximum Gasteiger partial charge on any atom is 0.249 e. The van der Waals surface area contributed by atoms with Crippen molar-refractivity contribution in [2.45, 2.75) is 46.5 Å². The molecule has 0 aromatic heterocycles. The number of allylic oxidation sites excluding steroid dienone is 3. The second kappa shape index (κ2) is 8.32. The average Bonchev–Trinajstić information content (AvgIpc) is 2.63. The van der Waals surface area contributed by atoms with Crippen molar-refractivity contribution in [1.29, 1.82) is 0 Å². The fourth-order valence-corrected chi connectivity index (χ4v) is 3.81. The number of carbonyl (C=O) groups is 1. The molecule has 4 heteroatoms. The van der Waals surface area contributed by atoms with Gasteiger partial charge in [0.2, 0.25) is 5.91 Å². The molecule has 2 fully saturated rings. The van der Waals surface area contributed by atoms with Crippen LogP contribution in [0.5, 0.6) is 0 Å². The molecule has 0 radical (unpaired) electrons. The van der Waals surface area contributed by atoms with E-state index in [4.69, 9.17) is 0 Å². The molecule has 1 spiro atoms. The van der Waals surface area contributed by atoms with Gasteiger partial charge in [-0.1, -0.05) is 12.2 Å². The quantitative estimate of drug-likeness (QED) is 0.447. The van der Waals surface area contributed by atoms with Crippen LogP contribution >= 0.6 is 0 Å². The third-order valence-electron chi connectivity index (χ3n) is 5.72. The van der Waals surface area contributed by atoms with E-state index in [1.54, 1.807) is 6.20 Å². The highest BCUT2D eigenvalue weighted by Gasteiger charge is 2.38. The van der Waals surface area contributed by atoms with Gasteiger partial charge in [-0.3, -0.25) is 9.79 Å². The van der Waals surface area contributed by atoms with Gasteiger partial charge in [0.1, 0.15) is 0 Å². The summed E-state index contributed by atoms with van der Waals surface area (Å²) >= 11 is 0. The molecule has 0 atom stereocenters. The van der Waals surface area contributed by atoms with Crippen molar-refractivity contribution in [2.24, 2.45) is 10.4 Å². The van der Waals surface area contributed by atoms with Gasteiger partial charge in [0.25, 0.3) is 0 Å². The van der Waals surface area contributed by atoms with E-state index in [-0.39, 0.29) is 5.91 Å². The Balaban J connectivity index is 1.90. The van der Waals surface area contributed by atoms with E-state index < -0.39 is 0 Å². The second-order valence-electron chi connectivity index (χ2n) is 6.96. The average molecular weight is 329 g/mol. The van der Waals surface area contributed by atoms with Crippen LogP contribution in [0.25, 0.3) is 0 Å². The van der Waals surface area contributed by atoms with Gasteiger partial charge in [0.15, 0.2) is 0 Å². The number of hydrogen-bond donors (Lipinski definition) is 0. The molecule has 2 aliphatic rings. The van der Waals surface area contributed by atoms with Crippen molar-refractivity contribution in [1.82, 2.24) is 9.80 Å². The van der Waals surface area contributed by atoms with E-state index in [0.29, 0.717) is 5.41 Å². The topological polar surface area (TPSA) is 35.9 Å². The predicted molar refractivity (Wildman–Crippen MR) is 101 cm³/mol. The molecule has 0 aromatic rings. The van der Waals surface area contributed by atoms with Gasteiger partial charge in [-0.2, -0.15) is 0 Å². The van der Waals surface area contributed by atoms with E-state index in [1.807, 2.05) is 30.9 Å². The van der Waals surface area contributed by atoms with Gasteiger partial charge in [-0.05, 0) is 64.7 Å². The van der Waals surface area contributed by atoms with Gasteiger partial charge >= 0.3 is 0 Å². The molecule has 0 N–H and O–H groups in total. The number of amides is 1. The molecule has 0 aliphatic carbocycles. The van der Waals surface area contributed by atoms with E-state index in [0.717, 1.165) is 44.6 Å². The Morgan fingerprint density at radius 2 is 1.54 bits per heavy atom. The van der Waals surface area contributed by atoms with E-state index in [2.05, 4.69) is 29.6 Å². The van der Waals surface area contributed by atoms with Crippen molar-refractivity contribution in [2.75, 3.05) is 26.2 Å². The summed E-state index contributed by atoms with van der Waals surface area (Å²) in [5.41, 5.74) is 2.52. The van der Waals surface area contributed by atoms with Crippen molar-refractivity contribution in [3.8, 4) is 0 Å². The molecule has 24 heavy (non-hydrogen) atoms. The molecule has 0 aromatic carbocycles. The summed E-state index contributed by atoms with van der Waals surface area (Å²) in [6.45, 7) is 13.4. The molecule has 0 saturated carbocycles. The number of carbonyl (C=O) groups excluding carboxylic acids is 1. The molecule has 2 saturated heterocycles. The molecule has 0 unspecified atom stereocenters. The largest absolute Gasteiger partial charge is 0.372 e. The van der Waals surface area contributed by atoms with Gasteiger partial charge in [-0.25, -0.2) is 0 Å². The number of likely N-dealkylation sites (tertiary alicyclic amines) is 2. The highest BCUT2D eigenvalue weighted by Crippen LogP contribution is 2.42. The molecular weight excluding hydrogens is 298 g/mol. The maximum absolute atomic E-state index is 12.3. The Kier molecular flexibility index (Phi) is 6.41. The first-order valence-electron chi connectivity index (χ1n) is 9.01. The first-order valence-corrected chi connectivity index (χ1v) is 9.01. The SMILES string of the molecule is C=N/C=C\C(=C/C)N1CCC2(CCN(C(=O)/C(C)=C/C)CC2)CC1. The molecular formula is C20H31N3O. The van der Waals surface area contributed by atoms with Gasteiger partial charge in [0.05, 0.1) is 0 Å². The summed E-state index contributed by atoms with van der Waals surface area (Å²) < 4.78 is 0. The monoisotopic (exact) mass is 329 g/mol. The summed E-state index contributed by atoms with van der Waals surface area (Å²) in [6.07, 6.45) is 12.5. The zero-order chi connectivity index (χ0) is 17.6. The third kappa shape index (κ3) is 4.16. The lowest BCUT2D eigenvalue weighted by Gasteiger charge is -2.47. The van der Waals surface area contributed by atoms with E-state index in [9.17, 15) is 4.79 Å². The fraction of sp³-hybridized carbons (Fsp3) is 0.600. The van der Waals surface area contributed by atoms with Crippen LogP contribution in [0.2, 0.25) is 0 Å². The van der Waals surface area contributed by atoms with Crippen molar-refractivity contribution in [3.63, 3.8) is 0 Å². The van der Waals surface area contributed by atoms with Crippen LogP contribution < -0.4 is 0 Å². The summed E-state index contributed by atoms with van der Waals surface area (Å²) in [5, 5.41) is 0. The Hall–Kier alpha value is -1.84. The van der Waals surface area contributed by atoms with Crippen molar-refractivity contribution in [3.05, 3.63) is 35.7 Å². The lowest BCUT2D eigenvalue weighted by Crippen LogP contribution is -2.48. The minimum absolute atomic E-state index is 0.211. The van der Waals surface area contributed by atoms with E-state index >= 15 is 0 Å². The molecule has 2 heterocycles. The molecule has 2 aliphatic heterocycles. The Labute approximate surface area is 146 Å². The lowest BCUT2D eigenvalue weighted by molar-refractivity contribution is -0.129. The fourth-order valence-electron chi connectivity index (χ4n) is 3.81. The second-order valence-corrected chi connectivity index (χ2v) is 6.96. The van der Waals surface area contributed by atoms with Crippen LogP contribution in [-0.2, 0) is 4.79 Å². The molecule has 132 valence electrons. The predicted octanol–water partition coefficient (Wildman–Crippen LogP) is 3.78. The zero-order valence-electron chi connectivity index (χ0n) is 15.4. The highest BCUT2D eigenvalue weighted by atomic mass is 16.2. The van der Waals surface area contributed by atoms with Crippen molar-refractivity contribution >= 4 is 12.6 Å². The van der Waals surface area contributed by atoms with E-state index in [1.165, 1.54) is 18.5 Å². The molecule has 4 nitrogen and oxygen atoms in total. The lowest BCUT2D eigenvalue weighted by atomic mass is 9.71. The standard InChI is InChI=1S/C20H31N3O/c1-5-17(3)19(24)23-15-10-20(11-16-23)8-13-22(14-9-20)18(6-2)7-12-21-4/h5-7,12H,4,8-11,13-16H2,1-3H3/b12-7-,17-5+,18-6+. The Morgan fingerprint density at radius 1 is 1.00 bits per heavy atom. The summed E-state index contributed by atoms with van der Waals surface area (Å²) in [4.78, 5) is 20.6. The van der Waals surface area contributed by atoms with Gasteiger partial charge < -0.3 is 9.80 Å². The van der Waals surface area contributed by atoms with Crippen LogP contribution in [0.3, 0.4) is 0 Å². The van der Waals surface area contributed by atoms with Crippen LogP contribution in [0.1, 0.15) is 46.5 Å². The Morgan fingerprint density at radius 3 is 2.00 bits per heavy atom. The highest BCUT2D eigenvalue weighted by molar-refractivity contribution is 5.92. The summed E-state index contributed by atoms with van der Waals surface area (Å²) in [6, 6.07) is 0. The van der Waals surface area contributed by atoms with Gasteiger partial charge in [-0.15, -0.1) is 0 Å². The van der Waals surface area contributed by atoms with Crippen LogP contribution in [0.15, 0.2) is 40.7 Å².